The molecule has 1 rings (SSSR count). The van der Waals surface area contributed by atoms with E-state index in [0.717, 1.165) is 12.3 Å². The van der Waals surface area contributed by atoms with Crippen LogP contribution >= 0.6 is 0 Å². The van der Waals surface area contributed by atoms with E-state index in [0.29, 0.717) is 32.0 Å². The maximum atomic E-state index is 11.7. The molecule has 0 aromatic heterocycles. The van der Waals surface area contributed by atoms with Crippen LogP contribution in [0.4, 0.5) is 4.79 Å². The van der Waals surface area contributed by atoms with Gasteiger partial charge in [-0.1, -0.05) is 46.0 Å². The molecule has 0 saturated heterocycles. The molecule has 122 valence electrons. The summed E-state index contributed by atoms with van der Waals surface area (Å²) in [5.74, 6) is 1.14. The lowest BCUT2D eigenvalue weighted by Gasteiger charge is -2.20. The molecule has 5 nitrogen and oxygen atoms in total. The first-order valence-corrected chi connectivity index (χ1v) is 8.25. The molecular formula is C16H30N2O3. The van der Waals surface area contributed by atoms with Crippen LogP contribution in [0.3, 0.4) is 0 Å². The van der Waals surface area contributed by atoms with Gasteiger partial charge in [-0.2, -0.15) is 0 Å². The van der Waals surface area contributed by atoms with Gasteiger partial charge in [0.1, 0.15) is 0 Å². The van der Waals surface area contributed by atoms with E-state index in [4.69, 9.17) is 4.74 Å². The van der Waals surface area contributed by atoms with Crippen LogP contribution in [-0.4, -0.2) is 31.7 Å². The lowest BCUT2D eigenvalue weighted by Crippen LogP contribution is -2.35. The molecule has 0 radical (unpaired) electrons. The molecule has 2 amide bonds. The third-order valence-electron chi connectivity index (χ3n) is 3.77. The van der Waals surface area contributed by atoms with Crippen molar-refractivity contribution < 1.29 is 14.3 Å². The summed E-state index contributed by atoms with van der Waals surface area (Å²) < 4.78 is 4.97. The topological polar surface area (TPSA) is 67.4 Å². The van der Waals surface area contributed by atoms with E-state index in [1.54, 1.807) is 0 Å². The molecular weight excluding hydrogens is 268 g/mol. The average Bonchev–Trinajstić information content (AvgIpc) is 2.48. The predicted molar refractivity (Wildman–Crippen MR) is 83.0 cm³/mol. The molecule has 0 spiro atoms. The van der Waals surface area contributed by atoms with E-state index in [1.807, 2.05) is 13.8 Å². The summed E-state index contributed by atoms with van der Waals surface area (Å²) in [6.45, 7) is 5.26. The van der Waals surface area contributed by atoms with Crippen molar-refractivity contribution in [1.29, 1.82) is 0 Å². The molecule has 0 aromatic carbocycles. The first-order valence-electron chi connectivity index (χ1n) is 8.25. The Kier molecular flexibility index (Phi) is 8.87. The summed E-state index contributed by atoms with van der Waals surface area (Å²) >= 11 is 0. The standard InChI is InChI=1S/C16H30N2O3/c1-13(2)12-21-16(20)18-11-10-17-15(19)9-8-14-6-4-3-5-7-14/h13-14H,3-12H2,1-2H3,(H,17,19)(H,18,20). The first-order chi connectivity index (χ1) is 10.1. The first kappa shape index (κ1) is 17.8. The highest BCUT2D eigenvalue weighted by Gasteiger charge is 2.14. The van der Waals surface area contributed by atoms with E-state index in [1.165, 1.54) is 32.1 Å². The van der Waals surface area contributed by atoms with Crippen LogP contribution in [0.25, 0.3) is 0 Å². The Morgan fingerprint density at radius 3 is 2.43 bits per heavy atom. The third kappa shape index (κ3) is 9.32. The van der Waals surface area contributed by atoms with Crippen LogP contribution in [0.15, 0.2) is 0 Å². The molecule has 5 heteroatoms. The molecule has 0 bridgehead atoms. The van der Waals surface area contributed by atoms with Crippen LogP contribution < -0.4 is 10.6 Å². The van der Waals surface area contributed by atoms with Gasteiger partial charge in [0, 0.05) is 19.5 Å². The highest BCUT2D eigenvalue weighted by atomic mass is 16.5. The van der Waals surface area contributed by atoms with Crippen LogP contribution in [0.5, 0.6) is 0 Å². The fourth-order valence-corrected chi connectivity index (χ4v) is 2.56. The fraction of sp³-hybridized carbons (Fsp3) is 0.875. The Morgan fingerprint density at radius 2 is 1.76 bits per heavy atom. The molecule has 0 aromatic rings. The largest absolute Gasteiger partial charge is 0.449 e. The summed E-state index contributed by atoms with van der Waals surface area (Å²) in [4.78, 5) is 23.0. The number of rotatable bonds is 8. The number of nitrogens with one attached hydrogen (secondary N) is 2. The van der Waals surface area contributed by atoms with E-state index < -0.39 is 6.09 Å². The Balaban J connectivity index is 1.96. The second-order valence-corrected chi connectivity index (χ2v) is 6.31. The monoisotopic (exact) mass is 298 g/mol. The van der Waals surface area contributed by atoms with Crippen molar-refractivity contribution in [2.24, 2.45) is 11.8 Å². The van der Waals surface area contributed by atoms with Gasteiger partial charge in [-0.3, -0.25) is 4.79 Å². The van der Waals surface area contributed by atoms with E-state index in [2.05, 4.69) is 10.6 Å². The SMILES string of the molecule is CC(C)COC(=O)NCCNC(=O)CCC1CCCCC1. The summed E-state index contributed by atoms with van der Waals surface area (Å²) in [7, 11) is 0. The zero-order valence-electron chi connectivity index (χ0n) is 13.5. The second kappa shape index (κ2) is 10.5. The highest BCUT2D eigenvalue weighted by molar-refractivity contribution is 5.75. The van der Waals surface area contributed by atoms with Crippen LogP contribution in [0, 0.1) is 11.8 Å². The van der Waals surface area contributed by atoms with Gasteiger partial charge in [0.25, 0.3) is 0 Å². The number of carbonyl (C=O) groups excluding carboxylic acids is 2. The maximum absolute atomic E-state index is 11.7. The molecule has 1 aliphatic rings. The Morgan fingerprint density at radius 1 is 1.10 bits per heavy atom. The smallest absolute Gasteiger partial charge is 0.407 e. The van der Waals surface area contributed by atoms with Gasteiger partial charge >= 0.3 is 6.09 Å². The van der Waals surface area contributed by atoms with E-state index in [9.17, 15) is 9.59 Å². The Hall–Kier alpha value is -1.26. The Labute approximate surface area is 128 Å². The normalized spacial score (nSPS) is 15.8. The molecule has 2 N–H and O–H groups in total. The number of alkyl carbamates (subject to hydrolysis) is 1. The molecule has 1 aliphatic carbocycles. The maximum Gasteiger partial charge on any atom is 0.407 e. The molecule has 21 heavy (non-hydrogen) atoms. The van der Waals surface area contributed by atoms with Crippen molar-refractivity contribution in [3.8, 4) is 0 Å². The quantitative estimate of drug-likeness (QED) is 0.677. The van der Waals surface area contributed by atoms with Crippen molar-refractivity contribution >= 4 is 12.0 Å². The van der Waals surface area contributed by atoms with Crippen molar-refractivity contribution in [1.82, 2.24) is 10.6 Å². The number of amides is 2. The zero-order chi connectivity index (χ0) is 15.5. The number of hydrogen-bond acceptors (Lipinski definition) is 3. The predicted octanol–water partition coefficient (Wildman–Crippen LogP) is 2.85. The number of ether oxygens (including phenoxy) is 1. The lowest BCUT2D eigenvalue weighted by atomic mass is 9.86. The van der Waals surface area contributed by atoms with Gasteiger partial charge in [-0.15, -0.1) is 0 Å². The van der Waals surface area contributed by atoms with Crippen LogP contribution in [0.1, 0.15) is 58.8 Å². The van der Waals surface area contributed by atoms with Gasteiger partial charge in [0.2, 0.25) is 5.91 Å². The van der Waals surface area contributed by atoms with E-state index >= 15 is 0 Å². The van der Waals surface area contributed by atoms with Gasteiger partial charge < -0.3 is 15.4 Å². The van der Waals surface area contributed by atoms with Crippen molar-refractivity contribution in [3.05, 3.63) is 0 Å². The fourth-order valence-electron chi connectivity index (χ4n) is 2.56. The van der Waals surface area contributed by atoms with Crippen molar-refractivity contribution in [2.45, 2.75) is 58.8 Å². The highest BCUT2D eigenvalue weighted by Crippen LogP contribution is 2.27. The molecule has 0 heterocycles. The summed E-state index contributed by atoms with van der Waals surface area (Å²) in [6, 6.07) is 0. The summed E-state index contributed by atoms with van der Waals surface area (Å²) in [6.07, 6.45) is 7.70. The number of hydrogen-bond donors (Lipinski definition) is 2. The van der Waals surface area contributed by atoms with Gasteiger partial charge in [-0.05, 0) is 18.3 Å². The molecule has 0 unspecified atom stereocenters. The van der Waals surface area contributed by atoms with Crippen molar-refractivity contribution in [2.75, 3.05) is 19.7 Å². The molecule has 0 atom stereocenters. The Bertz CT molecular complexity index is 313. The van der Waals surface area contributed by atoms with Crippen LogP contribution in [0.2, 0.25) is 0 Å². The zero-order valence-corrected chi connectivity index (χ0v) is 13.5. The second-order valence-electron chi connectivity index (χ2n) is 6.31. The number of carbonyl (C=O) groups is 2. The van der Waals surface area contributed by atoms with Gasteiger partial charge in [-0.25, -0.2) is 4.79 Å². The average molecular weight is 298 g/mol. The minimum atomic E-state index is -0.417. The van der Waals surface area contributed by atoms with Crippen LogP contribution in [-0.2, 0) is 9.53 Å². The van der Waals surface area contributed by atoms with Gasteiger partial charge in [0.15, 0.2) is 0 Å². The lowest BCUT2D eigenvalue weighted by molar-refractivity contribution is -0.121. The third-order valence-corrected chi connectivity index (χ3v) is 3.77. The van der Waals surface area contributed by atoms with Crippen molar-refractivity contribution in [3.63, 3.8) is 0 Å². The minimum Gasteiger partial charge on any atom is -0.449 e. The summed E-state index contributed by atoms with van der Waals surface area (Å²) in [5, 5.41) is 5.46. The summed E-state index contributed by atoms with van der Waals surface area (Å²) in [5.41, 5.74) is 0. The van der Waals surface area contributed by atoms with Gasteiger partial charge in [0.05, 0.1) is 6.61 Å². The minimum absolute atomic E-state index is 0.0814. The molecule has 0 aliphatic heterocycles. The molecule has 1 saturated carbocycles. The molecule has 1 fully saturated rings. The van der Waals surface area contributed by atoms with E-state index in [-0.39, 0.29) is 5.91 Å².